The Bertz CT molecular complexity index is 444. The van der Waals surface area contributed by atoms with E-state index in [0.717, 1.165) is 32.4 Å². The van der Waals surface area contributed by atoms with Gasteiger partial charge in [0.2, 0.25) is 0 Å². The van der Waals surface area contributed by atoms with E-state index >= 15 is 0 Å². The minimum atomic E-state index is -0.0241. The third-order valence-electron chi connectivity index (χ3n) is 3.70. The monoisotopic (exact) mass is 348 g/mol. The van der Waals surface area contributed by atoms with Crippen molar-refractivity contribution in [2.75, 3.05) is 0 Å². The molecule has 4 heteroatoms. The molecule has 1 aromatic heterocycles. The lowest BCUT2D eigenvalue weighted by Gasteiger charge is -2.20. The first kappa shape index (κ1) is 10.5. The van der Waals surface area contributed by atoms with Gasteiger partial charge < -0.3 is 0 Å². The van der Waals surface area contributed by atoms with E-state index in [4.69, 9.17) is 0 Å². The summed E-state index contributed by atoms with van der Waals surface area (Å²) in [6, 6.07) is 0. The molecule has 2 aliphatic rings. The van der Waals surface area contributed by atoms with Crippen molar-refractivity contribution >= 4 is 49.0 Å². The fraction of sp³-hybridized carbons (Fsp3) is 0.545. The van der Waals surface area contributed by atoms with Gasteiger partial charge in [0.05, 0.1) is 7.57 Å². The van der Waals surface area contributed by atoms with Crippen LogP contribution in [0, 0.1) is 5.41 Å². The fourth-order valence-corrected chi connectivity index (χ4v) is 6.09. The molecule has 2 aliphatic carbocycles. The van der Waals surface area contributed by atoms with Gasteiger partial charge in [-0.3, -0.25) is 4.79 Å². The molecule has 80 valence electrons. The Morgan fingerprint density at radius 3 is 2.40 bits per heavy atom. The van der Waals surface area contributed by atoms with Gasteiger partial charge >= 0.3 is 0 Å². The Hall–Kier alpha value is 0.330. The number of hydrogen-bond donors (Lipinski definition) is 0. The molecular formula is C11H10Br2OS. The molecule has 0 aliphatic heterocycles. The lowest BCUT2D eigenvalue weighted by atomic mass is 9.82. The summed E-state index contributed by atoms with van der Waals surface area (Å²) in [5.74, 6) is 0.392. The van der Waals surface area contributed by atoms with Crippen LogP contribution in [-0.4, -0.2) is 5.78 Å². The number of carbonyl (C=O) groups is 1. The van der Waals surface area contributed by atoms with E-state index in [1.165, 1.54) is 18.4 Å². The van der Waals surface area contributed by atoms with Gasteiger partial charge in [-0.1, -0.05) is 12.8 Å². The van der Waals surface area contributed by atoms with E-state index in [1.54, 1.807) is 11.3 Å². The molecule has 0 unspecified atom stereocenters. The summed E-state index contributed by atoms with van der Waals surface area (Å²) in [5, 5.41) is 0. The minimum Gasteiger partial charge on any atom is -0.293 e. The van der Waals surface area contributed by atoms with Crippen LogP contribution in [0.4, 0.5) is 0 Å². The van der Waals surface area contributed by atoms with Crippen molar-refractivity contribution < 1.29 is 4.79 Å². The number of rotatable bonds is 0. The smallest absolute Gasteiger partial charge is 0.171 e. The van der Waals surface area contributed by atoms with Crippen LogP contribution in [0.1, 0.15) is 41.6 Å². The molecule has 1 saturated carbocycles. The summed E-state index contributed by atoms with van der Waals surface area (Å²) in [5.41, 5.74) is 2.19. The maximum Gasteiger partial charge on any atom is 0.171 e. The molecule has 1 heterocycles. The highest BCUT2D eigenvalue weighted by Crippen LogP contribution is 2.54. The van der Waals surface area contributed by atoms with Crippen LogP contribution < -0.4 is 0 Å². The number of ketones is 1. The van der Waals surface area contributed by atoms with Gasteiger partial charge in [0, 0.05) is 11.0 Å². The second-order valence-corrected chi connectivity index (χ2v) is 8.15. The second kappa shape index (κ2) is 3.41. The summed E-state index contributed by atoms with van der Waals surface area (Å²) >= 11 is 8.70. The summed E-state index contributed by atoms with van der Waals surface area (Å²) < 4.78 is 2.15. The molecule has 0 atom stereocenters. The third-order valence-corrected chi connectivity index (χ3v) is 6.35. The predicted molar refractivity (Wildman–Crippen MR) is 68.7 cm³/mol. The van der Waals surface area contributed by atoms with Crippen molar-refractivity contribution in [3.8, 4) is 0 Å². The minimum absolute atomic E-state index is 0.0241. The van der Waals surface area contributed by atoms with Gasteiger partial charge in [0.1, 0.15) is 0 Å². The Labute approximate surface area is 110 Å². The standard InChI is InChI=1S/C11H10Br2OS/c12-9-6-5-11(3-1-2-4-11)8(14)7(6)10(13)15-9/h1-5H2. The molecular weight excluding hydrogens is 340 g/mol. The summed E-state index contributed by atoms with van der Waals surface area (Å²) in [6.07, 6.45) is 5.57. The number of thiophene rings is 1. The molecule has 0 radical (unpaired) electrons. The molecule has 0 saturated heterocycles. The molecule has 3 rings (SSSR count). The van der Waals surface area contributed by atoms with Crippen LogP contribution in [0.25, 0.3) is 0 Å². The summed E-state index contributed by atoms with van der Waals surface area (Å²) in [6.45, 7) is 0. The molecule has 0 N–H and O–H groups in total. The molecule has 15 heavy (non-hydrogen) atoms. The van der Waals surface area contributed by atoms with E-state index in [2.05, 4.69) is 31.9 Å². The number of halogens is 2. The van der Waals surface area contributed by atoms with Crippen LogP contribution in [0.2, 0.25) is 0 Å². The molecule has 0 bridgehead atoms. The maximum absolute atomic E-state index is 12.4. The van der Waals surface area contributed by atoms with Crippen molar-refractivity contribution in [1.82, 2.24) is 0 Å². The zero-order valence-electron chi connectivity index (χ0n) is 8.11. The molecule has 0 aromatic carbocycles. The topological polar surface area (TPSA) is 17.1 Å². The van der Waals surface area contributed by atoms with Crippen molar-refractivity contribution in [2.24, 2.45) is 5.41 Å². The van der Waals surface area contributed by atoms with E-state index in [-0.39, 0.29) is 5.41 Å². The van der Waals surface area contributed by atoms with E-state index in [9.17, 15) is 4.79 Å². The van der Waals surface area contributed by atoms with Crippen LogP contribution in [-0.2, 0) is 6.42 Å². The van der Waals surface area contributed by atoms with Gasteiger partial charge in [0.25, 0.3) is 0 Å². The second-order valence-electron chi connectivity index (χ2n) is 4.50. The molecule has 1 nitrogen and oxygen atoms in total. The van der Waals surface area contributed by atoms with Gasteiger partial charge in [-0.25, -0.2) is 0 Å². The number of hydrogen-bond acceptors (Lipinski definition) is 2. The largest absolute Gasteiger partial charge is 0.293 e. The highest BCUT2D eigenvalue weighted by atomic mass is 79.9. The van der Waals surface area contributed by atoms with Gasteiger partial charge in [-0.15, -0.1) is 11.3 Å². The average Bonchev–Trinajstić information content (AvgIpc) is 2.81. The SMILES string of the molecule is O=C1c2c(Br)sc(Br)c2CC12CCCC2. The lowest BCUT2D eigenvalue weighted by molar-refractivity contribution is 0.0826. The fourth-order valence-electron chi connectivity index (χ4n) is 2.93. The van der Waals surface area contributed by atoms with Gasteiger partial charge in [0.15, 0.2) is 5.78 Å². The molecule has 1 fully saturated rings. The number of Topliss-reactive ketones (excluding diaryl/α,β-unsaturated/α-hetero) is 1. The first-order valence-electron chi connectivity index (χ1n) is 5.15. The highest BCUT2D eigenvalue weighted by Gasteiger charge is 2.49. The van der Waals surface area contributed by atoms with Crippen LogP contribution in [0.5, 0.6) is 0 Å². The van der Waals surface area contributed by atoms with Crippen LogP contribution in [0.15, 0.2) is 7.57 Å². The maximum atomic E-state index is 12.4. The summed E-state index contributed by atoms with van der Waals surface area (Å²) in [4.78, 5) is 12.4. The van der Waals surface area contributed by atoms with Gasteiger partial charge in [-0.05, 0) is 56.7 Å². The number of carbonyl (C=O) groups excluding carboxylic acids is 1. The third kappa shape index (κ3) is 1.34. The number of fused-ring (bicyclic) bond motifs is 1. The van der Waals surface area contributed by atoms with E-state index in [1.807, 2.05) is 0 Å². The van der Waals surface area contributed by atoms with Crippen LogP contribution in [0.3, 0.4) is 0 Å². The van der Waals surface area contributed by atoms with Crippen molar-refractivity contribution in [1.29, 1.82) is 0 Å². The van der Waals surface area contributed by atoms with Gasteiger partial charge in [-0.2, -0.15) is 0 Å². The Morgan fingerprint density at radius 1 is 1.13 bits per heavy atom. The zero-order valence-corrected chi connectivity index (χ0v) is 12.1. The van der Waals surface area contributed by atoms with Crippen LogP contribution >= 0.6 is 43.2 Å². The first-order valence-corrected chi connectivity index (χ1v) is 7.56. The van der Waals surface area contributed by atoms with E-state index < -0.39 is 0 Å². The highest BCUT2D eigenvalue weighted by molar-refractivity contribution is 9.12. The van der Waals surface area contributed by atoms with Crippen molar-refractivity contribution in [2.45, 2.75) is 32.1 Å². The predicted octanol–water partition coefficient (Wildman–Crippen LogP) is 4.57. The Balaban J connectivity index is 2.13. The zero-order chi connectivity index (χ0) is 10.6. The normalized spacial score (nSPS) is 22.7. The van der Waals surface area contributed by atoms with E-state index in [0.29, 0.717) is 5.78 Å². The Morgan fingerprint density at radius 2 is 1.80 bits per heavy atom. The first-order chi connectivity index (χ1) is 7.14. The lowest BCUT2D eigenvalue weighted by Crippen LogP contribution is -2.24. The van der Waals surface area contributed by atoms with Crippen molar-refractivity contribution in [3.05, 3.63) is 18.7 Å². The molecule has 1 spiro atoms. The quantitative estimate of drug-likeness (QED) is 0.670. The average molecular weight is 350 g/mol. The molecule has 1 aromatic rings. The Kier molecular flexibility index (Phi) is 2.38. The summed E-state index contributed by atoms with van der Waals surface area (Å²) in [7, 11) is 0. The molecule has 0 amide bonds. The van der Waals surface area contributed by atoms with Crippen molar-refractivity contribution in [3.63, 3.8) is 0 Å².